The monoisotopic (exact) mass is 218 g/mol. The van der Waals surface area contributed by atoms with Crippen molar-refractivity contribution < 1.29 is 8.94 Å². The minimum absolute atomic E-state index is 0.206. The van der Waals surface area contributed by atoms with Gasteiger partial charge in [0.1, 0.15) is 0 Å². The van der Waals surface area contributed by atoms with Gasteiger partial charge < -0.3 is 8.94 Å². The van der Waals surface area contributed by atoms with Crippen molar-refractivity contribution in [2.75, 3.05) is 0 Å². The molecule has 0 N–H and O–H groups in total. The van der Waals surface area contributed by atoms with Gasteiger partial charge in [-0.3, -0.25) is 0 Å². The maximum absolute atomic E-state index is 5.57. The van der Waals surface area contributed by atoms with Crippen LogP contribution in [0, 0.1) is 0 Å². The molecule has 2 heterocycles. The average molecular weight is 219 g/mol. The van der Waals surface area contributed by atoms with E-state index in [1.807, 2.05) is 0 Å². The minimum Gasteiger partial charge on any atom is -0.440 e. The van der Waals surface area contributed by atoms with Crippen molar-refractivity contribution in [2.45, 2.75) is 5.88 Å². The summed E-state index contributed by atoms with van der Waals surface area (Å²) in [5, 5.41) is 3.88. The Morgan fingerprint density at radius 3 is 2.77 bits per heavy atom. The summed E-state index contributed by atoms with van der Waals surface area (Å²) in [6.45, 7) is 0. The van der Waals surface area contributed by atoms with Gasteiger partial charge in [0.2, 0.25) is 0 Å². The third-order valence-corrected chi connectivity index (χ3v) is 1.81. The van der Waals surface area contributed by atoms with Crippen molar-refractivity contribution in [1.29, 1.82) is 0 Å². The fourth-order valence-electron chi connectivity index (χ4n) is 0.838. The fraction of sp³-hybridized carbons (Fsp3) is 0.143. The quantitative estimate of drug-likeness (QED) is 0.728. The summed E-state index contributed by atoms with van der Waals surface area (Å²) in [6, 6.07) is 3.25. The van der Waals surface area contributed by atoms with Crippen LogP contribution in [0.2, 0.25) is 5.22 Å². The summed E-state index contributed by atoms with van der Waals surface area (Å²) in [6.07, 6.45) is 0. The van der Waals surface area contributed by atoms with Crippen LogP contribution in [0.4, 0.5) is 0 Å². The topological polar surface area (TPSA) is 52.1 Å². The van der Waals surface area contributed by atoms with Gasteiger partial charge in [0, 0.05) is 0 Å². The van der Waals surface area contributed by atoms with E-state index in [4.69, 9.17) is 32.1 Å². The number of aromatic nitrogens is 2. The average Bonchev–Trinajstić information content (AvgIpc) is 2.71. The molecule has 0 aliphatic carbocycles. The van der Waals surface area contributed by atoms with Gasteiger partial charge >= 0.3 is 0 Å². The van der Waals surface area contributed by atoms with Crippen molar-refractivity contribution >= 4 is 23.2 Å². The lowest BCUT2D eigenvalue weighted by molar-refractivity contribution is 0.411. The molecule has 2 aromatic rings. The third-order valence-electron chi connectivity index (χ3n) is 1.37. The van der Waals surface area contributed by atoms with E-state index < -0.39 is 0 Å². The molecule has 0 bridgehead atoms. The van der Waals surface area contributed by atoms with Gasteiger partial charge in [0.25, 0.3) is 5.89 Å². The van der Waals surface area contributed by atoms with Gasteiger partial charge in [-0.1, -0.05) is 5.16 Å². The Kier molecular flexibility index (Phi) is 2.24. The molecule has 0 unspecified atom stereocenters. The van der Waals surface area contributed by atoms with Gasteiger partial charge in [0.05, 0.1) is 5.88 Å². The van der Waals surface area contributed by atoms with Crippen molar-refractivity contribution in [3.05, 3.63) is 23.2 Å². The lowest BCUT2D eigenvalue weighted by atomic mass is 10.4. The van der Waals surface area contributed by atoms with E-state index >= 15 is 0 Å². The molecule has 0 atom stereocenters. The number of hydrogen-bond acceptors (Lipinski definition) is 4. The molecule has 0 amide bonds. The summed E-state index contributed by atoms with van der Waals surface area (Å²) >= 11 is 11.1. The van der Waals surface area contributed by atoms with E-state index in [1.165, 1.54) is 0 Å². The van der Waals surface area contributed by atoms with E-state index in [1.54, 1.807) is 12.1 Å². The maximum atomic E-state index is 5.57. The second-order valence-electron chi connectivity index (χ2n) is 2.25. The van der Waals surface area contributed by atoms with Crippen LogP contribution in [0.5, 0.6) is 0 Å². The predicted octanol–water partition coefficient (Wildman–Crippen LogP) is 2.72. The van der Waals surface area contributed by atoms with Crippen molar-refractivity contribution in [3.8, 4) is 11.7 Å². The van der Waals surface area contributed by atoms with Crippen molar-refractivity contribution in [1.82, 2.24) is 10.1 Å². The van der Waals surface area contributed by atoms with Crippen LogP contribution >= 0.6 is 23.2 Å². The molecule has 0 fully saturated rings. The summed E-state index contributed by atoms with van der Waals surface area (Å²) < 4.78 is 9.91. The molecule has 0 aliphatic rings. The zero-order valence-electron chi connectivity index (χ0n) is 6.33. The fourth-order valence-corrected chi connectivity index (χ4v) is 1.09. The largest absolute Gasteiger partial charge is 0.440 e. The Balaban J connectivity index is 2.35. The number of rotatable bonds is 2. The zero-order valence-corrected chi connectivity index (χ0v) is 7.84. The van der Waals surface area contributed by atoms with Gasteiger partial charge in [-0.25, -0.2) is 0 Å². The van der Waals surface area contributed by atoms with Crippen LogP contribution in [0.25, 0.3) is 11.7 Å². The standard InChI is InChI=1S/C7H4Cl2N2O2/c8-3-6-10-7(13-11-6)4-1-2-5(9)12-4/h1-2H,3H2. The third kappa shape index (κ3) is 1.68. The molecule has 2 aromatic heterocycles. The number of halogens is 2. The van der Waals surface area contributed by atoms with Gasteiger partial charge in [-0.2, -0.15) is 4.98 Å². The van der Waals surface area contributed by atoms with Gasteiger partial charge in [-0.05, 0) is 23.7 Å². The highest BCUT2D eigenvalue weighted by Crippen LogP contribution is 2.22. The Morgan fingerprint density at radius 1 is 1.38 bits per heavy atom. The van der Waals surface area contributed by atoms with Crippen LogP contribution < -0.4 is 0 Å². The highest BCUT2D eigenvalue weighted by atomic mass is 35.5. The van der Waals surface area contributed by atoms with Crippen molar-refractivity contribution in [2.24, 2.45) is 0 Å². The molecular formula is C7H4Cl2N2O2. The summed E-state index contributed by atoms with van der Waals surface area (Å²) in [4.78, 5) is 3.95. The molecule has 0 aliphatic heterocycles. The van der Waals surface area contributed by atoms with Crippen molar-refractivity contribution in [3.63, 3.8) is 0 Å². The van der Waals surface area contributed by atoms with Crippen LogP contribution in [-0.4, -0.2) is 10.1 Å². The SMILES string of the molecule is ClCc1noc(-c2ccc(Cl)o2)n1. The number of alkyl halides is 1. The van der Waals surface area contributed by atoms with Crippen LogP contribution in [0.3, 0.4) is 0 Å². The lowest BCUT2D eigenvalue weighted by Gasteiger charge is -1.83. The highest BCUT2D eigenvalue weighted by Gasteiger charge is 2.11. The first-order valence-corrected chi connectivity index (χ1v) is 4.35. The van der Waals surface area contributed by atoms with E-state index in [9.17, 15) is 0 Å². The Bertz CT molecular complexity index is 410. The van der Waals surface area contributed by atoms with Gasteiger partial charge in [-0.15, -0.1) is 11.6 Å². The molecule has 68 valence electrons. The van der Waals surface area contributed by atoms with Crippen LogP contribution in [0.1, 0.15) is 5.82 Å². The molecule has 0 saturated carbocycles. The smallest absolute Gasteiger partial charge is 0.293 e. The minimum atomic E-state index is 0.206. The molecular weight excluding hydrogens is 215 g/mol. The normalized spacial score (nSPS) is 10.6. The first-order valence-electron chi connectivity index (χ1n) is 3.44. The van der Waals surface area contributed by atoms with E-state index in [0.717, 1.165) is 0 Å². The van der Waals surface area contributed by atoms with E-state index in [2.05, 4.69) is 10.1 Å². The summed E-state index contributed by atoms with van der Waals surface area (Å²) in [7, 11) is 0. The van der Waals surface area contributed by atoms with E-state index in [-0.39, 0.29) is 17.0 Å². The Hall–Kier alpha value is -1.00. The Labute approximate surface area is 83.4 Å². The highest BCUT2D eigenvalue weighted by molar-refractivity contribution is 6.28. The summed E-state index contributed by atoms with van der Waals surface area (Å²) in [5.41, 5.74) is 0. The second-order valence-corrected chi connectivity index (χ2v) is 2.89. The predicted molar refractivity (Wildman–Crippen MR) is 46.6 cm³/mol. The molecule has 6 heteroatoms. The molecule has 4 nitrogen and oxygen atoms in total. The lowest BCUT2D eigenvalue weighted by Crippen LogP contribution is -1.78. The summed E-state index contributed by atoms with van der Waals surface area (Å²) in [5.74, 6) is 1.35. The molecule has 0 aromatic carbocycles. The maximum Gasteiger partial charge on any atom is 0.293 e. The van der Waals surface area contributed by atoms with Crippen LogP contribution in [-0.2, 0) is 5.88 Å². The second kappa shape index (κ2) is 3.40. The molecule has 0 radical (unpaired) electrons. The molecule has 0 saturated heterocycles. The number of furan rings is 1. The Morgan fingerprint density at radius 2 is 2.23 bits per heavy atom. The number of nitrogens with zero attached hydrogens (tertiary/aromatic N) is 2. The first kappa shape index (κ1) is 8.59. The molecule has 13 heavy (non-hydrogen) atoms. The van der Waals surface area contributed by atoms with E-state index in [0.29, 0.717) is 11.6 Å². The van der Waals surface area contributed by atoms with Gasteiger partial charge in [0.15, 0.2) is 16.8 Å². The molecule has 2 rings (SSSR count). The molecule has 0 spiro atoms. The first-order chi connectivity index (χ1) is 6.29. The number of hydrogen-bond donors (Lipinski definition) is 0. The van der Waals surface area contributed by atoms with Crippen LogP contribution in [0.15, 0.2) is 21.1 Å². The zero-order chi connectivity index (χ0) is 9.26.